The summed E-state index contributed by atoms with van der Waals surface area (Å²) in [6.07, 6.45) is 2.54. The monoisotopic (exact) mass is 340 g/mol. The van der Waals surface area contributed by atoms with Gasteiger partial charge in [0.2, 0.25) is 11.8 Å². The standard InChI is InChI=1S/C19H24N4O2/c1-21-17(19(25)23-9-4-7-16(23)12-20)11-18(24)22-10-8-14-5-2-3-6-15(14)13-22/h2-3,5-6,16-17,21H,4,7-11,13H2,1H3. The first-order chi connectivity index (χ1) is 12.1. The second kappa shape index (κ2) is 7.66. The minimum absolute atomic E-state index is 0.0186. The zero-order valence-corrected chi connectivity index (χ0v) is 14.6. The van der Waals surface area contributed by atoms with Crippen LogP contribution in [-0.2, 0) is 22.6 Å². The molecule has 2 unspecified atom stereocenters. The molecular formula is C19H24N4O2. The number of rotatable bonds is 4. The van der Waals surface area contributed by atoms with Gasteiger partial charge in [0, 0.05) is 19.6 Å². The van der Waals surface area contributed by atoms with Gasteiger partial charge in [0.15, 0.2) is 0 Å². The van der Waals surface area contributed by atoms with Gasteiger partial charge < -0.3 is 15.1 Å². The van der Waals surface area contributed by atoms with Gasteiger partial charge in [-0.25, -0.2) is 0 Å². The van der Waals surface area contributed by atoms with Crippen molar-refractivity contribution in [2.45, 2.75) is 44.3 Å². The molecule has 2 amide bonds. The number of carbonyl (C=O) groups is 2. The summed E-state index contributed by atoms with van der Waals surface area (Å²) < 4.78 is 0. The molecule has 2 heterocycles. The maximum Gasteiger partial charge on any atom is 0.241 e. The molecule has 132 valence electrons. The van der Waals surface area contributed by atoms with Gasteiger partial charge in [0.25, 0.3) is 0 Å². The molecule has 1 saturated heterocycles. The summed E-state index contributed by atoms with van der Waals surface area (Å²) in [6.45, 7) is 1.88. The van der Waals surface area contributed by atoms with Gasteiger partial charge >= 0.3 is 0 Å². The molecule has 2 aliphatic heterocycles. The van der Waals surface area contributed by atoms with Crippen molar-refractivity contribution in [1.82, 2.24) is 15.1 Å². The Balaban J connectivity index is 1.63. The van der Waals surface area contributed by atoms with Crippen molar-refractivity contribution in [2.24, 2.45) is 0 Å². The zero-order valence-electron chi connectivity index (χ0n) is 14.6. The van der Waals surface area contributed by atoms with E-state index in [9.17, 15) is 14.9 Å². The summed E-state index contributed by atoms with van der Waals surface area (Å²) in [5.74, 6) is -0.160. The maximum atomic E-state index is 12.7. The van der Waals surface area contributed by atoms with Crippen LogP contribution in [0.25, 0.3) is 0 Å². The molecule has 1 fully saturated rings. The van der Waals surface area contributed by atoms with Crippen molar-refractivity contribution in [1.29, 1.82) is 5.26 Å². The second-order valence-electron chi connectivity index (χ2n) is 6.70. The highest BCUT2D eigenvalue weighted by Gasteiger charge is 2.34. The van der Waals surface area contributed by atoms with E-state index >= 15 is 0 Å². The van der Waals surface area contributed by atoms with E-state index in [1.807, 2.05) is 17.0 Å². The normalized spacial score (nSPS) is 20.7. The Kier molecular flexibility index (Phi) is 5.34. The average Bonchev–Trinajstić information content (AvgIpc) is 3.13. The van der Waals surface area contributed by atoms with E-state index in [-0.39, 0.29) is 24.3 Å². The molecule has 6 heteroatoms. The van der Waals surface area contributed by atoms with Crippen molar-refractivity contribution < 1.29 is 9.59 Å². The summed E-state index contributed by atoms with van der Waals surface area (Å²) >= 11 is 0. The molecule has 2 atom stereocenters. The number of amides is 2. The third-order valence-corrected chi connectivity index (χ3v) is 5.19. The van der Waals surface area contributed by atoms with Crippen LogP contribution < -0.4 is 5.32 Å². The number of nitriles is 1. The fourth-order valence-electron chi connectivity index (χ4n) is 3.69. The number of fused-ring (bicyclic) bond motifs is 1. The number of hydrogen-bond acceptors (Lipinski definition) is 4. The molecule has 0 spiro atoms. The lowest BCUT2D eigenvalue weighted by atomic mass is 9.99. The van der Waals surface area contributed by atoms with Gasteiger partial charge in [0.1, 0.15) is 6.04 Å². The zero-order chi connectivity index (χ0) is 17.8. The summed E-state index contributed by atoms with van der Waals surface area (Å²) in [4.78, 5) is 28.8. The average molecular weight is 340 g/mol. The fraction of sp³-hybridized carbons (Fsp3) is 0.526. The van der Waals surface area contributed by atoms with Crippen molar-refractivity contribution in [3.63, 3.8) is 0 Å². The quantitative estimate of drug-likeness (QED) is 0.889. The molecular weight excluding hydrogens is 316 g/mol. The number of carbonyl (C=O) groups excluding carboxylic acids is 2. The van der Waals surface area contributed by atoms with Crippen LogP contribution >= 0.6 is 0 Å². The molecule has 0 aliphatic carbocycles. The molecule has 0 bridgehead atoms. The van der Waals surface area contributed by atoms with E-state index in [1.54, 1.807) is 11.9 Å². The topological polar surface area (TPSA) is 76.4 Å². The third kappa shape index (κ3) is 3.67. The van der Waals surface area contributed by atoms with Crippen LogP contribution in [0.4, 0.5) is 0 Å². The van der Waals surface area contributed by atoms with E-state index in [4.69, 9.17) is 0 Å². The Labute approximate surface area is 148 Å². The smallest absolute Gasteiger partial charge is 0.241 e. The van der Waals surface area contributed by atoms with Gasteiger partial charge in [-0.1, -0.05) is 24.3 Å². The van der Waals surface area contributed by atoms with Crippen LogP contribution in [0.2, 0.25) is 0 Å². The number of nitrogens with one attached hydrogen (secondary N) is 1. The molecule has 3 rings (SSSR count). The number of likely N-dealkylation sites (N-methyl/N-ethyl adjacent to an activating group) is 1. The van der Waals surface area contributed by atoms with E-state index < -0.39 is 6.04 Å². The first-order valence-electron chi connectivity index (χ1n) is 8.86. The Morgan fingerprint density at radius 2 is 2.08 bits per heavy atom. The highest BCUT2D eigenvalue weighted by atomic mass is 16.2. The van der Waals surface area contributed by atoms with Crippen molar-refractivity contribution >= 4 is 11.8 Å². The number of benzene rings is 1. The lowest BCUT2D eigenvalue weighted by Crippen LogP contribution is -2.49. The Morgan fingerprint density at radius 3 is 2.80 bits per heavy atom. The molecule has 1 aromatic rings. The van der Waals surface area contributed by atoms with E-state index in [2.05, 4.69) is 23.5 Å². The molecule has 0 radical (unpaired) electrons. The molecule has 1 N–H and O–H groups in total. The highest BCUT2D eigenvalue weighted by molar-refractivity contribution is 5.89. The predicted octanol–water partition coefficient (Wildman–Crippen LogP) is 1.06. The van der Waals surface area contributed by atoms with Crippen molar-refractivity contribution in [2.75, 3.05) is 20.1 Å². The van der Waals surface area contributed by atoms with E-state index in [0.717, 1.165) is 19.3 Å². The molecule has 0 aromatic heterocycles. The lowest BCUT2D eigenvalue weighted by Gasteiger charge is -2.31. The van der Waals surface area contributed by atoms with Gasteiger partial charge in [-0.2, -0.15) is 5.26 Å². The van der Waals surface area contributed by atoms with Crippen LogP contribution in [0.1, 0.15) is 30.4 Å². The van der Waals surface area contributed by atoms with Gasteiger partial charge in [-0.15, -0.1) is 0 Å². The van der Waals surface area contributed by atoms with Crippen LogP contribution in [0.15, 0.2) is 24.3 Å². The minimum Gasteiger partial charge on any atom is -0.338 e. The van der Waals surface area contributed by atoms with Crippen LogP contribution in [-0.4, -0.2) is 53.8 Å². The molecule has 6 nitrogen and oxygen atoms in total. The molecule has 1 aromatic carbocycles. The predicted molar refractivity (Wildman–Crippen MR) is 93.4 cm³/mol. The van der Waals surface area contributed by atoms with E-state index in [0.29, 0.717) is 19.6 Å². The first-order valence-corrected chi connectivity index (χ1v) is 8.86. The highest BCUT2D eigenvalue weighted by Crippen LogP contribution is 2.21. The van der Waals surface area contributed by atoms with E-state index in [1.165, 1.54) is 11.1 Å². The molecule has 25 heavy (non-hydrogen) atoms. The number of nitrogens with zero attached hydrogens (tertiary/aromatic N) is 3. The largest absolute Gasteiger partial charge is 0.338 e. The van der Waals surface area contributed by atoms with Crippen LogP contribution in [0.3, 0.4) is 0 Å². The molecule has 0 saturated carbocycles. The van der Waals surface area contributed by atoms with Crippen LogP contribution in [0, 0.1) is 11.3 Å². The Hall–Kier alpha value is -2.39. The Morgan fingerprint density at radius 1 is 1.32 bits per heavy atom. The second-order valence-corrected chi connectivity index (χ2v) is 6.70. The van der Waals surface area contributed by atoms with Gasteiger partial charge in [-0.05, 0) is 37.4 Å². The summed E-state index contributed by atoms with van der Waals surface area (Å²) in [6, 6.07) is 9.42. The van der Waals surface area contributed by atoms with Gasteiger partial charge in [-0.3, -0.25) is 9.59 Å². The van der Waals surface area contributed by atoms with Crippen LogP contribution in [0.5, 0.6) is 0 Å². The molecule has 2 aliphatic rings. The summed E-state index contributed by atoms with van der Waals surface area (Å²) in [5.41, 5.74) is 2.47. The maximum absolute atomic E-state index is 12.7. The number of likely N-dealkylation sites (tertiary alicyclic amines) is 1. The Bertz CT molecular complexity index is 697. The third-order valence-electron chi connectivity index (χ3n) is 5.19. The lowest BCUT2D eigenvalue weighted by molar-refractivity contribution is -0.139. The van der Waals surface area contributed by atoms with Crippen molar-refractivity contribution in [3.05, 3.63) is 35.4 Å². The number of hydrogen-bond donors (Lipinski definition) is 1. The summed E-state index contributed by atoms with van der Waals surface area (Å²) in [5, 5.41) is 12.1. The first kappa shape index (κ1) is 17.4. The van der Waals surface area contributed by atoms with Crippen molar-refractivity contribution in [3.8, 4) is 6.07 Å². The SMILES string of the molecule is CNC(CC(=O)N1CCc2ccccc2C1)C(=O)N1CCCC1C#N. The van der Waals surface area contributed by atoms with Gasteiger partial charge in [0.05, 0.1) is 18.5 Å². The fourth-order valence-corrected chi connectivity index (χ4v) is 3.69. The minimum atomic E-state index is -0.571. The summed E-state index contributed by atoms with van der Waals surface area (Å²) in [7, 11) is 1.69.